The minimum Gasteiger partial charge on any atom is -0.497 e. The maximum atomic E-state index is 12.2. The predicted molar refractivity (Wildman–Crippen MR) is 91.1 cm³/mol. The van der Waals surface area contributed by atoms with Gasteiger partial charge in [-0.3, -0.25) is 4.79 Å². The van der Waals surface area contributed by atoms with E-state index in [0.717, 1.165) is 16.9 Å². The summed E-state index contributed by atoms with van der Waals surface area (Å²) in [5.41, 5.74) is 2.67. The van der Waals surface area contributed by atoms with Gasteiger partial charge in [0.2, 0.25) is 5.91 Å². The summed E-state index contributed by atoms with van der Waals surface area (Å²) in [7, 11) is 1.62. The number of amides is 1. The van der Waals surface area contributed by atoms with Crippen LogP contribution in [-0.2, 0) is 11.3 Å². The normalized spacial score (nSPS) is 10.4. The van der Waals surface area contributed by atoms with Crippen molar-refractivity contribution in [1.29, 1.82) is 0 Å². The second kappa shape index (κ2) is 7.52. The molecule has 0 aliphatic heterocycles. The third-order valence-electron chi connectivity index (χ3n) is 3.31. The molecule has 116 valence electrons. The lowest BCUT2D eigenvalue weighted by Crippen LogP contribution is -2.31. The van der Waals surface area contributed by atoms with Gasteiger partial charge >= 0.3 is 0 Å². The van der Waals surface area contributed by atoms with Gasteiger partial charge in [-0.05, 0) is 42.3 Å². The zero-order valence-electron chi connectivity index (χ0n) is 12.5. The molecule has 0 heterocycles. The molecule has 2 rings (SSSR count). The summed E-state index contributed by atoms with van der Waals surface area (Å²) in [5.74, 6) is 0.482. The summed E-state index contributed by atoms with van der Waals surface area (Å²) in [4.78, 5) is 13.8. The third kappa shape index (κ3) is 3.93. The van der Waals surface area contributed by atoms with Gasteiger partial charge in [0.1, 0.15) is 11.6 Å². The lowest BCUT2D eigenvalue weighted by atomic mass is 10.1. The zero-order valence-corrected chi connectivity index (χ0v) is 14.0. The van der Waals surface area contributed by atoms with Crippen LogP contribution in [0.4, 0.5) is 5.69 Å². The van der Waals surface area contributed by atoms with Crippen molar-refractivity contribution in [3.63, 3.8) is 0 Å². The minimum absolute atomic E-state index is 0.0969. The first-order valence-electron chi connectivity index (χ1n) is 6.80. The van der Waals surface area contributed by atoms with E-state index in [-0.39, 0.29) is 11.8 Å². The van der Waals surface area contributed by atoms with Crippen molar-refractivity contribution in [3.05, 3.63) is 58.6 Å². The van der Waals surface area contributed by atoms with E-state index in [2.05, 4.69) is 0 Å². The molecule has 0 saturated heterocycles. The van der Waals surface area contributed by atoms with Gasteiger partial charge in [0, 0.05) is 0 Å². The molecule has 1 amide bonds. The Hall–Kier alpha value is -1.71. The average molecular weight is 338 g/mol. The van der Waals surface area contributed by atoms with E-state index < -0.39 is 0 Å². The number of nitrogens with zero attached hydrogens (tertiary/aromatic N) is 1. The number of benzene rings is 2. The SMILES string of the molecule is COc1ccc(CN(C(=O)CCl)c2ccc(C)cc2Cl)cc1. The van der Waals surface area contributed by atoms with Gasteiger partial charge in [-0.25, -0.2) is 0 Å². The molecule has 0 saturated carbocycles. The summed E-state index contributed by atoms with van der Waals surface area (Å²) in [6, 6.07) is 13.1. The lowest BCUT2D eigenvalue weighted by molar-refractivity contribution is -0.116. The highest BCUT2D eigenvalue weighted by Gasteiger charge is 2.18. The Kier molecular flexibility index (Phi) is 5.69. The van der Waals surface area contributed by atoms with Crippen LogP contribution in [0, 0.1) is 6.92 Å². The van der Waals surface area contributed by atoms with Crippen molar-refractivity contribution in [3.8, 4) is 5.75 Å². The standard InChI is InChI=1S/C17H17Cl2NO2/c1-12-3-8-16(15(19)9-12)20(17(21)10-18)11-13-4-6-14(22-2)7-5-13/h3-9H,10-11H2,1-2H3. The monoisotopic (exact) mass is 337 g/mol. The highest BCUT2D eigenvalue weighted by Crippen LogP contribution is 2.28. The molecular formula is C17H17Cl2NO2. The number of methoxy groups -OCH3 is 1. The molecule has 22 heavy (non-hydrogen) atoms. The molecule has 0 unspecified atom stereocenters. The van der Waals surface area contributed by atoms with Gasteiger partial charge in [0.25, 0.3) is 0 Å². The van der Waals surface area contributed by atoms with Crippen LogP contribution in [0.2, 0.25) is 5.02 Å². The van der Waals surface area contributed by atoms with Gasteiger partial charge in [-0.2, -0.15) is 0 Å². The quantitative estimate of drug-likeness (QED) is 0.755. The summed E-state index contributed by atoms with van der Waals surface area (Å²) in [6.07, 6.45) is 0. The molecule has 0 spiro atoms. The number of aryl methyl sites for hydroxylation is 1. The molecule has 3 nitrogen and oxygen atoms in total. The van der Waals surface area contributed by atoms with E-state index >= 15 is 0 Å². The fourth-order valence-corrected chi connectivity index (χ4v) is 2.61. The van der Waals surface area contributed by atoms with Gasteiger partial charge < -0.3 is 9.64 Å². The molecule has 0 aliphatic rings. The molecular weight excluding hydrogens is 321 g/mol. The molecule has 2 aromatic carbocycles. The molecule has 0 atom stereocenters. The third-order valence-corrected chi connectivity index (χ3v) is 3.84. The zero-order chi connectivity index (χ0) is 16.1. The van der Waals surface area contributed by atoms with E-state index in [1.165, 1.54) is 0 Å². The van der Waals surface area contributed by atoms with Crippen molar-refractivity contribution in [2.24, 2.45) is 0 Å². The number of hydrogen-bond acceptors (Lipinski definition) is 2. The first-order chi connectivity index (χ1) is 10.5. The Morgan fingerprint density at radius 2 is 1.86 bits per heavy atom. The molecule has 0 bridgehead atoms. The Labute approximate surface area is 140 Å². The number of anilines is 1. The topological polar surface area (TPSA) is 29.5 Å². The van der Waals surface area contributed by atoms with Crippen LogP contribution in [-0.4, -0.2) is 18.9 Å². The summed E-state index contributed by atoms with van der Waals surface area (Å²) in [5, 5.41) is 0.534. The van der Waals surface area contributed by atoms with Gasteiger partial charge in [-0.1, -0.05) is 29.8 Å². The van der Waals surface area contributed by atoms with E-state index in [4.69, 9.17) is 27.9 Å². The second-order valence-electron chi connectivity index (χ2n) is 4.92. The van der Waals surface area contributed by atoms with E-state index in [9.17, 15) is 4.79 Å². The van der Waals surface area contributed by atoms with Crippen LogP contribution >= 0.6 is 23.2 Å². The van der Waals surface area contributed by atoms with E-state index in [1.807, 2.05) is 49.4 Å². The molecule has 0 N–H and O–H groups in total. The summed E-state index contributed by atoms with van der Waals surface area (Å²) < 4.78 is 5.14. The van der Waals surface area contributed by atoms with Crippen LogP contribution in [0.3, 0.4) is 0 Å². The molecule has 0 aromatic heterocycles. The van der Waals surface area contributed by atoms with Crippen LogP contribution in [0.5, 0.6) is 5.75 Å². The molecule has 0 aliphatic carbocycles. The number of carbonyl (C=O) groups excluding carboxylic acids is 1. The Morgan fingerprint density at radius 3 is 2.41 bits per heavy atom. The van der Waals surface area contributed by atoms with Gasteiger partial charge in [0.15, 0.2) is 0 Å². The summed E-state index contributed by atoms with van der Waals surface area (Å²) >= 11 is 12.0. The van der Waals surface area contributed by atoms with Crippen molar-refractivity contribution < 1.29 is 9.53 Å². The van der Waals surface area contributed by atoms with Crippen molar-refractivity contribution in [1.82, 2.24) is 0 Å². The van der Waals surface area contributed by atoms with Crippen LogP contribution in [0.1, 0.15) is 11.1 Å². The fourth-order valence-electron chi connectivity index (χ4n) is 2.12. The molecule has 0 fully saturated rings. The molecule has 5 heteroatoms. The van der Waals surface area contributed by atoms with Crippen molar-refractivity contribution in [2.45, 2.75) is 13.5 Å². The van der Waals surface area contributed by atoms with Crippen molar-refractivity contribution in [2.75, 3.05) is 17.9 Å². The molecule has 2 aromatic rings. The lowest BCUT2D eigenvalue weighted by Gasteiger charge is -2.23. The minimum atomic E-state index is -0.191. The first kappa shape index (κ1) is 16.7. The Morgan fingerprint density at radius 1 is 1.18 bits per heavy atom. The Balaban J connectivity index is 2.31. The average Bonchev–Trinajstić information content (AvgIpc) is 2.53. The largest absolute Gasteiger partial charge is 0.497 e. The summed E-state index contributed by atoms with van der Waals surface area (Å²) in [6.45, 7) is 2.35. The predicted octanol–water partition coefficient (Wildman–Crippen LogP) is 4.43. The number of halogens is 2. The van der Waals surface area contributed by atoms with Crippen molar-refractivity contribution >= 4 is 34.8 Å². The maximum Gasteiger partial charge on any atom is 0.242 e. The fraction of sp³-hybridized carbons (Fsp3) is 0.235. The second-order valence-corrected chi connectivity index (χ2v) is 5.59. The number of ether oxygens (including phenoxy) is 1. The van der Waals surface area contributed by atoms with E-state index in [1.54, 1.807) is 12.0 Å². The Bertz CT molecular complexity index is 656. The highest BCUT2D eigenvalue weighted by molar-refractivity contribution is 6.35. The number of hydrogen-bond donors (Lipinski definition) is 0. The van der Waals surface area contributed by atoms with Crippen LogP contribution in [0.25, 0.3) is 0 Å². The van der Waals surface area contributed by atoms with Gasteiger partial charge in [-0.15, -0.1) is 11.6 Å². The van der Waals surface area contributed by atoms with Gasteiger partial charge in [0.05, 0.1) is 24.4 Å². The first-order valence-corrected chi connectivity index (χ1v) is 7.72. The van der Waals surface area contributed by atoms with E-state index in [0.29, 0.717) is 17.3 Å². The van der Waals surface area contributed by atoms with Crippen LogP contribution in [0.15, 0.2) is 42.5 Å². The maximum absolute atomic E-state index is 12.2. The molecule has 0 radical (unpaired) electrons. The number of carbonyl (C=O) groups is 1. The smallest absolute Gasteiger partial charge is 0.242 e. The number of alkyl halides is 1. The highest BCUT2D eigenvalue weighted by atomic mass is 35.5. The van der Waals surface area contributed by atoms with Crippen LogP contribution < -0.4 is 9.64 Å². The number of rotatable bonds is 5.